The van der Waals surface area contributed by atoms with Crippen LogP contribution in [0, 0.1) is 0 Å². The van der Waals surface area contributed by atoms with E-state index in [4.69, 9.17) is 4.98 Å². The number of nitrogens with zero attached hydrogens (tertiary/aromatic N) is 4. The highest BCUT2D eigenvalue weighted by molar-refractivity contribution is 7.21. The van der Waals surface area contributed by atoms with Crippen molar-refractivity contribution in [2.24, 2.45) is 0 Å². The molecule has 0 aliphatic carbocycles. The zero-order chi connectivity index (χ0) is 29.3. The molecule has 44 heavy (non-hydrogen) atoms. The van der Waals surface area contributed by atoms with Crippen LogP contribution < -0.4 is 25.8 Å². The lowest BCUT2D eigenvalue weighted by Crippen LogP contribution is -2.73. The minimum absolute atomic E-state index is 0.845. The molecule has 0 fully saturated rings. The first-order valence-electron chi connectivity index (χ1n) is 15.1. The molecule has 210 valence electrons. The summed E-state index contributed by atoms with van der Waals surface area (Å²) in [5.41, 5.74) is 7.45. The number of benzene rings is 5. The molecule has 0 N–H and O–H groups in total. The van der Waals surface area contributed by atoms with Gasteiger partial charge in [-0.1, -0.05) is 91.0 Å². The van der Waals surface area contributed by atoms with E-state index in [0.29, 0.717) is 0 Å². The minimum Gasteiger partial charge on any atom is -0.361 e. The van der Waals surface area contributed by atoms with Gasteiger partial charge in [-0.3, -0.25) is 4.98 Å². The maximum atomic E-state index is 5.10. The molecule has 0 saturated carbocycles. The van der Waals surface area contributed by atoms with Crippen LogP contribution in [0.25, 0.3) is 38.6 Å². The Kier molecular flexibility index (Phi) is 5.46. The van der Waals surface area contributed by atoms with Gasteiger partial charge in [-0.15, -0.1) is 0 Å². The van der Waals surface area contributed by atoms with Crippen LogP contribution in [-0.4, -0.2) is 36.2 Å². The largest absolute Gasteiger partial charge is 0.361 e. The molecule has 2 aliphatic heterocycles. The molecule has 0 spiro atoms. The number of hydrogen-bond donors (Lipinski definition) is 0. The summed E-state index contributed by atoms with van der Waals surface area (Å²) in [6, 6.07) is 49.3. The summed E-state index contributed by atoms with van der Waals surface area (Å²) in [5.74, 6) is 0. The molecule has 0 unspecified atom stereocenters. The maximum Gasteiger partial charge on any atom is 0.203 e. The number of pyridine rings is 1. The number of hydrogen-bond acceptors (Lipinski definition) is 3. The van der Waals surface area contributed by atoms with Crippen molar-refractivity contribution in [3.05, 3.63) is 152 Å². The van der Waals surface area contributed by atoms with E-state index in [1.165, 1.54) is 65.2 Å². The summed E-state index contributed by atoms with van der Waals surface area (Å²) in [7, 11) is -0.583. The Hall–Kier alpha value is -5.39. The summed E-state index contributed by atoms with van der Waals surface area (Å²) in [6.45, 7) is 0.845. The van der Waals surface area contributed by atoms with Gasteiger partial charge >= 0.3 is 0 Å². The first-order valence-corrected chi connectivity index (χ1v) is 17.1. The van der Waals surface area contributed by atoms with Crippen molar-refractivity contribution < 1.29 is 0 Å². The van der Waals surface area contributed by atoms with Crippen LogP contribution >= 0.6 is 0 Å². The normalized spacial score (nSPS) is 14.8. The van der Waals surface area contributed by atoms with Crippen LogP contribution in [0.3, 0.4) is 0 Å². The monoisotopic (exact) mass is 582 g/mol. The molecule has 2 aliphatic rings. The van der Waals surface area contributed by atoms with Crippen molar-refractivity contribution in [3.63, 3.8) is 0 Å². The van der Waals surface area contributed by atoms with Gasteiger partial charge in [0.2, 0.25) is 8.07 Å². The van der Waals surface area contributed by atoms with Crippen LogP contribution in [0.1, 0.15) is 0 Å². The maximum absolute atomic E-state index is 5.10. The molecule has 5 aromatic carbocycles. The molecule has 0 atom stereocenters. The molecule has 0 radical (unpaired) electrons. The first-order chi connectivity index (χ1) is 21.7. The van der Waals surface area contributed by atoms with Gasteiger partial charge in [-0.2, -0.15) is 0 Å². The zero-order valence-corrected chi connectivity index (χ0v) is 25.4. The highest BCUT2D eigenvalue weighted by atomic mass is 28.3. The van der Waals surface area contributed by atoms with Crippen molar-refractivity contribution in [1.29, 1.82) is 0 Å². The van der Waals surface area contributed by atoms with E-state index >= 15 is 0 Å². The van der Waals surface area contributed by atoms with E-state index in [2.05, 4.69) is 161 Å². The molecule has 9 rings (SSSR count). The molecular formula is C39H30N4Si. The van der Waals surface area contributed by atoms with Crippen molar-refractivity contribution in [3.8, 4) is 16.8 Å². The van der Waals surface area contributed by atoms with Gasteiger partial charge in [-0.25, -0.2) is 0 Å². The molecule has 4 nitrogen and oxygen atoms in total. The molecule has 2 aromatic heterocycles. The highest BCUT2D eigenvalue weighted by Gasteiger charge is 2.49. The number of anilines is 1. The van der Waals surface area contributed by atoms with E-state index in [0.717, 1.165) is 6.67 Å². The minimum atomic E-state index is -2.69. The van der Waals surface area contributed by atoms with Gasteiger partial charge in [0.25, 0.3) is 0 Å². The van der Waals surface area contributed by atoms with Crippen molar-refractivity contribution in [2.75, 3.05) is 18.6 Å². The van der Waals surface area contributed by atoms with Gasteiger partial charge in [0.05, 0.1) is 17.7 Å². The molecule has 0 amide bonds. The highest BCUT2D eigenvalue weighted by Crippen LogP contribution is 2.35. The smallest absolute Gasteiger partial charge is 0.203 e. The fraction of sp³-hybridized carbons (Fsp3) is 0.0513. The van der Waals surface area contributed by atoms with Crippen LogP contribution in [0.4, 0.5) is 5.69 Å². The molecule has 7 aromatic rings. The lowest BCUT2D eigenvalue weighted by Gasteiger charge is -2.30. The Morgan fingerprint density at radius 3 is 2.07 bits per heavy atom. The summed E-state index contributed by atoms with van der Waals surface area (Å²) in [4.78, 5) is 9.60. The standard InChI is InChI=1S/C39H30N4Si/c1-41-23-24-42(27-41)28-20-21-32-31-13-2-5-16-35(31)43(36(32)26-28)29-11-10-12-30(25-29)44(39-19-8-9-22-40-39)37-17-6-3-14-33(37)34-15-4-7-18-38(34)44/h2-26H,27H2,1H3. The van der Waals surface area contributed by atoms with Gasteiger partial charge in [0.1, 0.15) is 0 Å². The fourth-order valence-electron chi connectivity index (χ4n) is 7.55. The molecule has 5 heteroatoms. The third-order valence-corrected chi connectivity index (χ3v) is 14.1. The molecule has 4 heterocycles. The van der Waals surface area contributed by atoms with Crippen LogP contribution in [-0.2, 0) is 0 Å². The van der Waals surface area contributed by atoms with Crippen LogP contribution in [0.2, 0.25) is 0 Å². The number of rotatable bonds is 4. The Morgan fingerprint density at radius 2 is 1.32 bits per heavy atom. The molecular weight excluding hydrogens is 553 g/mol. The predicted molar refractivity (Wildman–Crippen MR) is 185 cm³/mol. The van der Waals surface area contributed by atoms with Gasteiger partial charge in [-0.05, 0) is 69.2 Å². The Morgan fingerprint density at radius 1 is 0.591 bits per heavy atom. The van der Waals surface area contributed by atoms with Crippen molar-refractivity contribution in [2.45, 2.75) is 0 Å². The lowest BCUT2D eigenvalue weighted by molar-refractivity contribution is 0.496. The first kappa shape index (κ1) is 25.1. The quantitative estimate of drug-likeness (QED) is 0.248. The summed E-state index contributed by atoms with van der Waals surface area (Å²) >= 11 is 0. The third-order valence-electron chi connectivity index (χ3n) is 9.40. The molecule has 0 bridgehead atoms. The number of para-hydroxylation sites is 1. The average molecular weight is 583 g/mol. The fourth-order valence-corrected chi connectivity index (χ4v) is 12.6. The van der Waals surface area contributed by atoms with Crippen molar-refractivity contribution in [1.82, 2.24) is 14.5 Å². The van der Waals surface area contributed by atoms with Crippen LogP contribution in [0.5, 0.6) is 0 Å². The van der Waals surface area contributed by atoms with E-state index in [9.17, 15) is 0 Å². The summed E-state index contributed by atoms with van der Waals surface area (Å²) in [5, 5.41) is 7.86. The third kappa shape index (κ3) is 3.47. The number of aromatic nitrogens is 2. The van der Waals surface area contributed by atoms with Crippen LogP contribution in [0.15, 0.2) is 152 Å². The Labute approximate surface area is 257 Å². The van der Waals surface area contributed by atoms with E-state index < -0.39 is 8.07 Å². The predicted octanol–water partition coefficient (Wildman–Crippen LogP) is 5.72. The SMILES string of the molecule is CN1C=CN(c2ccc3c4ccccc4n(-c4cccc([Si]5(c6ccccn6)c6ccccc6-c6ccccc65)c4)c3c2)C1. The Bertz CT molecular complexity index is 2210. The Balaban J connectivity index is 1.33. The topological polar surface area (TPSA) is 24.3 Å². The zero-order valence-electron chi connectivity index (χ0n) is 24.4. The summed E-state index contributed by atoms with van der Waals surface area (Å²) in [6.07, 6.45) is 6.24. The van der Waals surface area contributed by atoms with E-state index in [-0.39, 0.29) is 0 Å². The second-order valence-electron chi connectivity index (χ2n) is 11.8. The van der Waals surface area contributed by atoms with E-state index in [1.807, 2.05) is 12.3 Å². The molecule has 0 saturated heterocycles. The van der Waals surface area contributed by atoms with E-state index in [1.54, 1.807) is 0 Å². The second-order valence-corrected chi connectivity index (χ2v) is 15.5. The van der Waals surface area contributed by atoms with Crippen molar-refractivity contribution >= 4 is 56.4 Å². The van der Waals surface area contributed by atoms with Gasteiger partial charge in [0.15, 0.2) is 0 Å². The lowest BCUT2D eigenvalue weighted by atomic mass is 10.1. The van der Waals surface area contributed by atoms with Gasteiger partial charge < -0.3 is 14.4 Å². The second kappa shape index (κ2) is 9.56. The number of fused-ring (bicyclic) bond motifs is 6. The average Bonchev–Trinajstić information content (AvgIpc) is 3.76. The van der Waals surface area contributed by atoms with Gasteiger partial charge in [0, 0.05) is 53.1 Å². The summed E-state index contributed by atoms with van der Waals surface area (Å²) < 4.78 is 2.45.